The summed E-state index contributed by atoms with van der Waals surface area (Å²) >= 11 is 0. The molecule has 2 aromatic carbocycles. The van der Waals surface area contributed by atoms with Crippen molar-refractivity contribution in [2.75, 3.05) is 20.8 Å². The minimum atomic E-state index is -1.04. The molecule has 0 radical (unpaired) electrons. The van der Waals surface area contributed by atoms with Crippen molar-refractivity contribution >= 4 is 34.4 Å². The zero-order chi connectivity index (χ0) is 33.2. The highest BCUT2D eigenvalue weighted by Gasteiger charge is 2.34. The summed E-state index contributed by atoms with van der Waals surface area (Å²) in [7, 11) is 2.94. The number of hydrogen-bond donors (Lipinski definition) is 4. The molecule has 1 aromatic heterocycles. The number of amides is 4. The van der Waals surface area contributed by atoms with Crippen LogP contribution in [-0.2, 0) is 30.3 Å². The molecule has 4 N–H and O–H groups in total. The van der Waals surface area contributed by atoms with E-state index in [4.69, 9.17) is 14.0 Å². The van der Waals surface area contributed by atoms with Gasteiger partial charge in [-0.2, -0.15) is 0 Å². The maximum Gasteiger partial charge on any atom is 0.274 e. The molecule has 12 heteroatoms. The average Bonchev–Trinajstić information content (AvgIpc) is 3.48. The van der Waals surface area contributed by atoms with Crippen LogP contribution in [0.2, 0.25) is 0 Å². The van der Waals surface area contributed by atoms with Gasteiger partial charge >= 0.3 is 0 Å². The highest BCUT2D eigenvalue weighted by Crippen LogP contribution is 2.22. The molecule has 0 bridgehead atoms. The zero-order valence-corrected chi connectivity index (χ0v) is 27.1. The second-order valence-electron chi connectivity index (χ2n) is 12.2. The predicted octanol–water partition coefficient (Wildman–Crippen LogP) is 3.03. The van der Waals surface area contributed by atoms with E-state index in [1.54, 1.807) is 6.92 Å². The van der Waals surface area contributed by atoms with Crippen molar-refractivity contribution in [1.29, 1.82) is 0 Å². The summed E-state index contributed by atoms with van der Waals surface area (Å²) in [6, 6.07) is 12.5. The summed E-state index contributed by atoms with van der Waals surface area (Å²) in [5.41, 5.74) is 0.901. The van der Waals surface area contributed by atoms with Crippen molar-refractivity contribution in [3.05, 3.63) is 65.5 Å². The van der Waals surface area contributed by atoms with Gasteiger partial charge in [0.05, 0.1) is 6.04 Å². The van der Waals surface area contributed by atoms with Crippen LogP contribution in [0.4, 0.5) is 0 Å². The number of aromatic nitrogens is 1. The van der Waals surface area contributed by atoms with E-state index in [0.29, 0.717) is 31.6 Å². The first-order valence-electron chi connectivity index (χ1n) is 15.7. The van der Waals surface area contributed by atoms with Crippen molar-refractivity contribution in [1.82, 2.24) is 26.4 Å². The number of carbonyl (C=O) groups excluding carboxylic acids is 4. The van der Waals surface area contributed by atoms with Crippen molar-refractivity contribution in [2.24, 2.45) is 11.8 Å². The topological polar surface area (TPSA) is 161 Å². The molecule has 1 aliphatic rings. The Labute approximate surface area is 269 Å². The van der Waals surface area contributed by atoms with Gasteiger partial charge in [-0.25, -0.2) is 0 Å². The Morgan fingerprint density at radius 1 is 1.00 bits per heavy atom. The third-order valence-electron chi connectivity index (χ3n) is 8.19. The summed E-state index contributed by atoms with van der Waals surface area (Å²) in [5, 5.41) is 17.3. The molecule has 0 spiro atoms. The number of aryl methyl sites for hydroxylation is 1. The molecule has 3 aromatic rings. The van der Waals surface area contributed by atoms with E-state index in [0.717, 1.165) is 22.8 Å². The second kappa shape index (κ2) is 16.3. The molecule has 0 saturated carbocycles. The largest absolute Gasteiger partial charge is 0.361 e. The summed E-state index contributed by atoms with van der Waals surface area (Å²) in [6.45, 7) is 6.20. The van der Waals surface area contributed by atoms with Crippen LogP contribution >= 0.6 is 0 Å². The number of nitrogens with one attached hydrogen (secondary N) is 4. The van der Waals surface area contributed by atoms with E-state index in [9.17, 15) is 19.2 Å². The maximum absolute atomic E-state index is 14.0. The smallest absolute Gasteiger partial charge is 0.274 e. The number of fused-ring (bicyclic) bond motifs is 1. The Hall–Kier alpha value is -4.29. The normalized spacial score (nSPS) is 16.9. The first-order valence-corrected chi connectivity index (χ1v) is 15.7. The lowest BCUT2D eigenvalue weighted by molar-refractivity contribution is -0.145. The van der Waals surface area contributed by atoms with Gasteiger partial charge in [0, 0.05) is 39.2 Å². The lowest BCUT2D eigenvalue weighted by Crippen LogP contribution is -2.57. The summed E-state index contributed by atoms with van der Waals surface area (Å²) < 4.78 is 16.1. The minimum absolute atomic E-state index is 0.0449. The SMILES string of the molecule is COC(OC)[C@H](C[C@@H]1CCCNC1=O)NC(=O)[C@H](CC(C)C)NC(=O)[C@H](Cc1cccc2ccccc12)NC(=O)c1cc(C)on1. The third-order valence-corrected chi connectivity index (χ3v) is 8.19. The van der Waals surface area contributed by atoms with Crippen molar-refractivity contribution < 1.29 is 33.2 Å². The molecular formula is C34H45N5O7. The summed E-state index contributed by atoms with van der Waals surface area (Å²) in [5.74, 6) is -1.42. The number of carbonyl (C=O) groups is 4. The third kappa shape index (κ3) is 9.13. The van der Waals surface area contributed by atoms with Crippen LogP contribution in [0.1, 0.15) is 61.3 Å². The highest BCUT2D eigenvalue weighted by atomic mass is 16.7. The zero-order valence-electron chi connectivity index (χ0n) is 27.1. The Morgan fingerprint density at radius 2 is 1.72 bits per heavy atom. The van der Waals surface area contributed by atoms with Gasteiger partial charge in [0.1, 0.15) is 17.8 Å². The number of rotatable bonds is 15. The van der Waals surface area contributed by atoms with Gasteiger partial charge in [-0.05, 0) is 54.9 Å². The fraction of sp³-hybridized carbons (Fsp3) is 0.500. The second-order valence-corrected chi connectivity index (χ2v) is 12.2. The Bertz CT molecular complexity index is 1500. The van der Waals surface area contributed by atoms with Crippen molar-refractivity contribution in [3.63, 3.8) is 0 Å². The molecule has 0 unspecified atom stereocenters. The number of hydrogen-bond acceptors (Lipinski definition) is 8. The van der Waals surface area contributed by atoms with Crippen LogP contribution in [-0.4, -0.2) is 74.0 Å². The number of methoxy groups -OCH3 is 2. The van der Waals surface area contributed by atoms with Gasteiger partial charge in [-0.1, -0.05) is 61.5 Å². The van der Waals surface area contributed by atoms with Crippen LogP contribution in [0, 0.1) is 18.8 Å². The molecule has 46 heavy (non-hydrogen) atoms. The molecule has 4 rings (SSSR count). The molecule has 12 nitrogen and oxygen atoms in total. The maximum atomic E-state index is 14.0. The van der Waals surface area contributed by atoms with Crippen molar-refractivity contribution in [2.45, 2.75) is 77.3 Å². The quantitative estimate of drug-likeness (QED) is 0.185. The van der Waals surface area contributed by atoms with E-state index in [1.165, 1.54) is 20.3 Å². The molecular weight excluding hydrogens is 590 g/mol. The van der Waals surface area contributed by atoms with E-state index in [1.807, 2.05) is 56.3 Å². The van der Waals surface area contributed by atoms with E-state index in [-0.39, 0.29) is 29.9 Å². The lowest BCUT2D eigenvalue weighted by atomic mass is 9.91. The molecule has 1 fully saturated rings. The minimum Gasteiger partial charge on any atom is -0.361 e. The van der Waals surface area contributed by atoms with Gasteiger partial charge in [0.2, 0.25) is 17.7 Å². The first-order chi connectivity index (χ1) is 22.1. The van der Waals surface area contributed by atoms with Crippen LogP contribution < -0.4 is 21.3 Å². The lowest BCUT2D eigenvalue weighted by Gasteiger charge is -2.32. The molecule has 2 heterocycles. The van der Waals surface area contributed by atoms with E-state index in [2.05, 4.69) is 26.4 Å². The Morgan fingerprint density at radius 3 is 2.39 bits per heavy atom. The fourth-order valence-electron chi connectivity index (χ4n) is 5.89. The highest BCUT2D eigenvalue weighted by molar-refractivity contribution is 5.98. The standard InChI is InChI=1S/C34H45N5O7/c1-20(2)16-26(31(41)38-29(34(44-4)45-5)19-24-13-9-15-35-30(24)40)36-32(42)27(37-33(43)28-17-21(3)46-39-28)18-23-12-8-11-22-10-6-7-14-25(22)23/h6-8,10-12,14,17,20,24,26-27,29,34H,9,13,15-16,18-19H2,1-5H3,(H,35,40)(H,36,42)(H,37,43)(H,38,41)/t24-,26-,27-,29-/m0/s1. The number of ether oxygens (including phenoxy) is 2. The monoisotopic (exact) mass is 635 g/mol. The molecule has 4 atom stereocenters. The number of nitrogens with zero attached hydrogens (tertiary/aromatic N) is 1. The first kappa shape index (κ1) is 34.6. The molecule has 1 aliphatic heterocycles. The van der Waals surface area contributed by atoms with E-state index >= 15 is 0 Å². The molecule has 248 valence electrons. The average molecular weight is 636 g/mol. The van der Waals surface area contributed by atoms with Crippen LogP contribution in [0.25, 0.3) is 10.8 Å². The van der Waals surface area contributed by atoms with Crippen LogP contribution in [0.15, 0.2) is 53.1 Å². The van der Waals surface area contributed by atoms with Crippen LogP contribution in [0.5, 0.6) is 0 Å². The molecule has 0 aliphatic carbocycles. The van der Waals surface area contributed by atoms with Crippen LogP contribution in [0.3, 0.4) is 0 Å². The number of benzene rings is 2. The Kier molecular flexibility index (Phi) is 12.3. The molecule has 1 saturated heterocycles. The number of piperidine rings is 1. The van der Waals surface area contributed by atoms with Crippen molar-refractivity contribution in [3.8, 4) is 0 Å². The van der Waals surface area contributed by atoms with Gasteiger partial charge in [0.15, 0.2) is 12.0 Å². The summed E-state index contributed by atoms with van der Waals surface area (Å²) in [6.07, 6.45) is 1.52. The molecule has 4 amide bonds. The summed E-state index contributed by atoms with van der Waals surface area (Å²) in [4.78, 5) is 53.5. The van der Waals surface area contributed by atoms with Gasteiger partial charge in [-0.3, -0.25) is 19.2 Å². The van der Waals surface area contributed by atoms with Gasteiger partial charge in [-0.15, -0.1) is 0 Å². The predicted molar refractivity (Wildman–Crippen MR) is 172 cm³/mol. The fourth-order valence-corrected chi connectivity index (χ4v) is 5.89. The van der Waals surface area contributed by atoms with E-state index < -0.39 is 42.1 Å². The Balaban J connectivity index is 1.57. The van der Waals surface area contributed by atoms with Gasteiger partial charge in [0.25, 0.3) is 5.91 Å². The van der Waals surface area contributed by atoms with Gasteiger partial charge < -0.3 is 35.3 Å².